The minimum Gasteiger partial charge on any atom is -0.507 e. The Balaban J connectivity index is 2.04. The van der Waals surface area contributed by atoms with Gasteiger partial charge in [0.25, 0.3) is 11.5 Å². The molecule has 0 aliphatic rings. The first-order valence-electron chi connectivity index (χ1n) is 8.58. The molecule has 0 saturated carbocycles. The second-order valence-electron chi connectivity index (χ2n) is 6.24. The predicted octanol–water partition coefficient (Wildman–Crippen LogP) is 1.40. The van der Waals surface area contributed by atoms with Crippen LogP contribution in [0.25, 0.3) is 5.69 Å². The van der Waals surface area contributed by atoms with Gasteiger partial charge >= 0.3 is 5.69 Å². The zero-order valence-electron chi connectivity index (χ0n) is 15.6. The summed E-state index contributed by atoms with van der Waals surface area (Å²) in [7, 11) is 0. The number of rotatable bonds is 4. The molecule has 2 aromatic carbocycles. The number of carbonyl (C=O) groups is 1. The summed E-state index contributed by atoms with van der Waals surface area (Å²) in [4.78, 5) is 38.9. The minimum atomic E-state index is -0.851. The third-order valence-electron chi connectivity index (χ3n) is 4.28. The molecule has 3 rings (SSSR count). The molecule has 0 fully saturated rings. The van der Waals surface area contributed by atoms with Crippen LogP contribution >= 0.6 is 0 Å². The summed E-state index contributed by atoms with van der Waals surface area (Å²) in [5.74, 6) is -1.54. The van der Waals surface area contributed by atoms with E-state index >= 15 is 0 Å². The summed E-state index contributed by atoms with van der Waals surface area (Å²) >= 11 is 0. The number of aryl methyl sites for hydroxylation is 1. The van der Waals surface area contributed by atoms with Crippen molar-refractivity contribution in [2.45, 2.75) is 13.8 Å². The van der Waals surface area contributed by atoms with Gasteiger partial charge in [-0.2, -0.15) is 5.10 Å². The van der Waals surface area contributed by atoms with E-state index in [1.807, 2.05) is 0 Å². The molecule has 1 aromatic heterocycles. The van der Waals surface area contributed by atoms with E-state index in [0.29, 0.717) is 11.3 Å². The molecule has 9 nitrogen and oxygen atoms in total. The Hall–Kier alpha value is -4.14. The lowest BCUT2D eigenvalue weighted by molar-refractivity contribution is 0.0952. The number of hydrogen-bond acceptors (Lipinski definition) is 6. The van der Waals surface area contributed by atoms with E-state index < -0.39 is 23.0 Å². The van der Waals surface area contributed by atoms with Crippen molar-refractivity contribution in [1.29, 1.82) is 0 Å². The molecular weight excluding hydrogens is 376 g/mol. The van der Waals surface area contributed by atoms with E-state index in [9.17, 15) is 24.6 Å². The summed E-state index contributed by atoms with van der Waals surface area (Å²) in [6.07, 6.45) is 0. The zero-order valence-corrected chi connectivity index (χ0v) is 15.6. The molecule has 1 amide bonds. The molecule has 148 valence electrons. The van der Waals surface area contributed by atoms with Crippen molar-refractivity contribution in [3.05, 3.63) is 86.1 Å². The zero-order chi connectivity index (χ0) is 21.1. The van der Waals surface area contributed by atoms with Crippen LogP contribution in [0.15, 0.2) is 63.2 Å². The van der Waals surface area contributed by atoms with E-state index in [2.05, 4.69) is 15.5 Å². The number of benzene rings is 2. The molecule has 0 aliphatic carbocycles. The number of aromatic nitrogens is 2. The second kappa shape index (κ2) is 7.85. The van der Waals surface area contributed by atoms with Crippen LogP contribution in [-0.2, 0) is 0 Å². The van der Waals surface area contributed by atoms with Crippen LogP contribution in [0, 0.1) is 6.92 Å². The predicted molar refractivity (Wildman–Crippen MR) is 107 cm³/mol. The van der Waals surface area contributed by atoms with E-state index in [4.69, 9.17) is 0 Å². The average molecular weight is 394 g/mol. The maximum atomic E-state index is 12.3. The van der Waals surface area contributed by atoms with Crippen LogP contribution in [0.2, 0.25) is 0 Å². The van der Waals surface area contributed by atoms with Crippen molar-refractivity contribution in [2.75, 3.05) is 0 Å². The van der Waals surface area contributed by atoms with Crippen molar-refractivity contribution in [3.8, 4) is 17.3 Å². The highest BCUT2D eigenvalue weighted by Gasteiger charge is 2.19. The van der Waals surface area contributed by atoms with Crippen LogP contribution in [-0.4, -0.2) is 31.4 Å². The van der Waals surface area contributed by atoms with Gasteiger partial charge in [-0.1, -0.05) is 30.3 Å². The molecule has 0 saturated heterocycles. The fourth-order valence-electron chi connectivity index (χ4n) is 2.81. The fourth-order valence-corrected chi connectivity index (χ4v) is 2.81. The normalized spacial score (nSPS) is 11.3. The summed E-state index contributed by atoms with van der Waals surface area (Å²) in [5, 5.41) is 24.2. The molecule has 4 N–H and O–H groups in total. The molecule has 9 heteroatoms. The lowest BCUT2D eigenvalue weighted by atomic mass is 10.1. The van der Waals surface area contributed by atoms with E-state index in [1.165, 1.54) is 19.1 Å². The Morgan fingerprint density at radius 1 is 1.07 bits per heavy atom. The van der Waals surface area contributed by atoms with Gasteiger partial charge in [0.15, 0.2) is 0 Å². The second-order valence-corrected chi connectivity index (χ2v) is 6.24. The standard InChI is InChI=1S/C20H18N4O5/c1-11-7-3-5-9-14(11)24-19(28)16(18(27)21-20(24)29)12(2)22-23-17(26)13-8-4-6-10-15(13)25/h3-10,25,28H,1-2H3,(H,23,26)(H,21,27,29). The van der Waals surface area contributed by atoms with Crippen molar-refractivity contribution >= 4 is 11.6 Å². The number of nitrogens with zero attached hydrogens (tertiary/aromatic N) is 2. The molecule has 0 radical (unpaired) electrons. The summed E-state index contributed by atoms with van der Waals surface area (Å²) < 4.78 is 0.954. The van der Waals surface area contributed by atoms with Gasteiger partial charge in [0.05, 0.1) is 17.0 Å². The van der Waals surface area contributed by atoms with Gasteiger partial charge in [-0.25, -0.2) is 14.8 Å². The third kappa shape index (κ3) is 3.79. The topological polar surface area (TPSA) is 137 Å². The quantitative estimate of drug-likeness (QED) is 0.392. The minimum absolute atomic E-state index is 0.00735. The van der Waals surface area contributed by atoms with Gasteiger partial charge in [0.2, 0.25) is 5.88 Å². The molecule has 29 heavy (non-hydrogen) atoms. The first kappa shape index (κ1) is 19.6. The van der Waals surface area contributed by atoms with Crippen molar-refractivity contribution in [2.24, 2.45) is 5.10 Å². The van der Waals surface area contributed by atoms with Crippen LogP contribution < -0.4 is 16.7 Å². The number of carbonyl (C=O) groups excluding carboxylic acids is 1. The molecule has 0 atom stereocenters. The number of aromatic hydroxyl groups is 2. The van der Waals surface area contributed by atoms with Crippen LogP contribution in [0.1, 0.15) is 28.4 Å². The van der Waals surface area contributed by atoms with Crippen molar-refractivity contribution in [3.63, 3.8) is 0 Å². The first-order chi connectivity index (χ1) is 13.8. The third-order valence-corrected chi connectivity index (χ3v) is 4.28. The molecule has 0 spiro atoms. The molecule has 1 heterocycles. The van der Waals surface area contributed by atoms with Crippen LogP contribution in [0.5, 0.6) is 11.6 Å². The Kier molecular flexibility index (Phi) is 5.31. The van der Waals surface area contributed by atoms with Crippen LogP contribution in [0.4, 0.5) is 0 Å². The number of hydrogen-bond donors (Lipinski definition) is 4. The highest BCUT2D eigenvalue weighted by molar-refractivity contribution is 6.02. The number of aromatic amines is 1. The van der Waals surface area contributed by atoms with Gasteiger partial charge in [-0.3, -0.25) is 14.6 Å². The van der Waals surface area contributed by atoms with E-state index in [0.717, 1.165) is 4.57 Å². The van der Waals surface area contributed by atoms with E-state index in [-0.39, 0.29) is 22.6 Å². The van der Waals surface area contributed by atoms with Gasteiger partial charge in [0, 0.05) is 0 Å². The number of phenolic OH excluding ortho intramolecular Hbond substituents is 1. The Morgan fingerprint density at radius 3 is 2.41 bits per heavy atom. The van der Waals surface area contributed by atoms with Gasteiger partial charge in [-0.05, 0) is 37.6 Å². The molecule has 0 unspecified atom stereocenters. The Bertz CT molecular complexity index is 1240. The summed E-state index contributed by atoms with van der Waals surface area (Å²) in [6, 6.07) is 12.7. The highest BCUT2D eigenvalue weighted by atomic mass is 16.3. The number of nitrogens with one attached hydrogen (secondary N) is 2. The molecular formula is C20H18N4O5. The SMILES string of the molecule is CC(=NNC(=O)c1ccccc1O)c1c(O)n(-c2ccccc2C)c(=O)[nH]c1=O. The first-order valence-corrected chi connectivity index (χ1v) is 8.58. The van der Waals surface area contributed by atoms with Gasteiger partial charge in [-0.15, -0.1) is 0 Å². The van der Waals surface area contributed by atoms with Crippen LogP contribution in [0.3, 0.4) is 0 Å². The van der Waals surface area contributed by atoms with Gasteiger partial charge < -0.3 is 10.2 Å². The average Bonchev–Trinajstić information content (AvgIpc) is 2.67. The van der Waals surface area contributed by atoms with Crippen molar-refractivity contribution in [1.82, 2.24) is 15.0 Å². The number of amides is 1. The largest absolute Gasteiger partial charge is 0.507 e. The number of hydrazone groups is 1. The highest BCUT2D eigenvalue weighted by Crippen LogP contribution is 2.20. The van der Waals surface area contributed by atoms with Crippen molar-refractivity contribution < 1.29 is 15.0 Å². The molecule has 0 aliphatic heterocycles. The molecule has 0 bridgehead atoms. The maximum Gasteiger partial charge on any atom is 0.335 e. The summed E-state index contributed by atoms with van der Waals surface area (Å²) in [5.41, 5.74) is 1.33. The number of para-hydroxylation sites is 2. The van der Waals surface area contributed by atoms with E-state index in [1.54, 1.807) is 43.3 Å². The maximum absolute atomic E-state index is 12.3. The Labute approximate surface area is 164 Å². The monoisotopic (exact) mass is 394 g/mol. The Morgan fingerprint density at radius 2 is 1.72 bits per heavy atom. The fraction of sp³-hybridized carbons (Fsp3) is 0.100. The number of phenols is 1. The number of H-pyrrole nitrogens is 1. The lowest BCUT2D eigenvalue weighted by Crippen LogP contribution is -2.33. The lowest BCUT2D eigenvalue weighted by Gasteiger charge is -2.13. The smallest absolute Gasteiger partial charge is 0.335 e. The summed E-state index contributed by atoms with van der Waals surface area (Å²) in [6.45, 7) is 3.14. The van der Waals surface area contributed by atoms with Gasteiger partial charge in [0.1, 0.15) is 11.3 Å². The molecule has 3 aromatic rings.